The van der Waals surface area contributed by atoms with Crippen LogP contribution in [0.1, 0.15) is 50.2 Å². The van der Waals surface area contributed by atoms with Crippen LogP contribution in [-0.2, 0) is 14.3 Å². The number of carboxylic acid groups (broad SMARTS) is 1. The summed E-state index contributed by atoms with van der Waals surface area (Å²) in [5, 5.41) is 14.3. The maximum absolute atomic E-state index is 12.3. The number of hydrogen-bond acceptors (Lipinski definition) is 4. The molecule has 3 N–H and O–H groups in total. The Morgan fingerprint density at radius 2 is 1.67 bits per heavy atom. The van der Waals surface area contributed by atoms with Crippen LogP contribution in [0.2, 0.25) is 0 Å². The summed E-state index contributed by atoms with van der Waals surface area (Å²) in [6.07, 6.45) is 2.51. The van der Waals surface area contributed by atoms with Gasteiger partial charge in [0.1, 0.15) is 6.61 Å². The summed E-state index contributed by atoms with van der Waals surface area (Å²) in [6.45, 7) is 3.80. The Labute approximate surface area is 193 Å². The van der Waals surface area contributed by atoms with Crippen LogP contribution in [0.5, 0.6) is 0 Å². The summed E-state index contributed by atoms with van der Waals surface area (Å²) in [5.74, 6) is -1.14. The van der Waals surface area contributed by atoms with E-state index in [1.807, 2.05) is 31.2 Å². The molecule has 1 aliphatic carbocycles. The second kappa shape index (κ2) is 11.3. The van der Waals surface area contributed by atoms with Gasteiger partial charge in [-0.15, -0.1) is 0 Å². The number of carbonyl (C=O) groups excluding carboxylic acids is 2. The van der Waals surface area contributed by atoms with E-state index in [4.69, 9.17) is 9.84 Å². The summed E-state index contributed by atoms with van der Waals surface area (Å²) in [4.78, 5) is 34.9. The van der Waals surface area contributed by atoms with Gasteiger partial charge in [0.15, 0.2) is 0 Å². The van der Waals surface area contributed by atoms with Gasteiger partial charge in [-0.2, -0.15) is 0 Å². The fourth-order valence-corrected chi connectivity index (χ4v) is 3.98. The maximum atomic E-state index is 12.3. The average Bonchev–Trinajstić information content (AvgIpc) is 3.11. The number of amides is 2. The van der Waals surface area contributed by atoms with Crippen molar-refractivity contribution in [3.63, 3.8) is 0 Å². The molecule has 174 valence electrons. The van der Waals surface area contributed by atoms with Gasteiger partial charge in [0, 0.05) is 30.5 Å². The number of benzene rings is 2. The molecule has 33 heavy (non-hydrogen) atoms. The van der Waals surface area contributed by atoms with Crippen molar-refractivity contribution in [2.75, 3.05) is 13.2 Å². The normalized spacial score (nSPS) is 13.6. The second-order valence-electron chi connectivity index (χ2n) is 8.26. The van der Waals surface area contributed by atoms with Crippen molar-refractivity contribution in [2.45, 2.75) is 45.1 Å². The lowest BCUT2D eigenvalue weighted by Crippen LogP contribution is -2.34. The van der Waals surface area contributed by atoms with Crippen molar-refractivity contribution >= 4 is 18.0 Å². The van der Waals surface area contributed by atoms with E-state index in [0.29, 0.717) is 19.3 Å². The molecule has 0 saturated carbocycles. The maximum Gasteiger partial charge on any atom is 0.407 e. The van der Waals surface area contributed by atoms with Gasteiger partial charge in [0.25, 0.3) is 0 Å². The first-order chi connectivity index (χ1) is 15.9. The summed E-state index contributed by atoms with van der Waals surface area (Å²) in [6, 6.07) is 16.2. The van der Waals surface area contributed by atoms with Gasteiger partial charge in [-0.3, -0.25) is 4.79 Å². The molecule has 3 rings (SSSR count). The zero-order valence-corrected chi connectivity index (χ0v) is 19.0. The molecule has 1 unspecified atom stereocenters. The van der Waals surface area contributed by atoms with Crippen LogP contribution in [0.25, 0.3) is 11.1 Å². The number of nitrogens with one attached hydrogen (secondary N) is 2. The Kier molecular flexibility index (Phi) is 8.24. The molecular formula is C26H30N2O5. The SMILES string of the molecule is C/C(=C\CNC(=O)CCCC(C)NC(=O)OCC1c2ccccc2-c2ccccc21)C(=O)O. The lowest BCUT2D eigenvalue weighted by molar-refractivity contribution is -0.132. The summed E-state index contributed by atoms with van der Waals surface area (Å²) in [7, 11) is 0. The lowest BCUT2D eigenvalue weighted by atomic mass is 9.98. The highest BCUT2D eigenvalue weighted by atomic mass is 16.5. The minimum atomic E-state index is -1.00. The first-order valence-electron chi connectivity index (χ1n) is 11.1. The fraction of sp³-hybridized carbons (Fsp3) is 0.346. The average molecular weight is 451 g/mol. The standard InChI is InChI=1S/C26H30N2O5/c1-17(25(30)31)14-15-27-24(29)13-7-8-18(2)28-26(32)33-16-23-21-11-5-3-9-19(21)20-10-4-6-12-22(20)23/h3-6,9-12,14,18,23H,7-8,13,15-16H2,1-2H3,(H,27,29)(H,28,32)(H,30,31)/b17-14+. The molecule has 0 aromatic heterocycles. The Hall–Kier alpha value is -3.61. The van der Waals surface area contributed by atoms with Crippen molar-refractivity contribution in [3.05, 3.63) is 71.3 Å². The molecule has 2 aromatic rings. The molecule has 7 heteroatoms. The zero-order valence-electron chi connectivity index (χ0n) is 19.0. The van der Waals surface area contributed by atoms with Gasteiger partial charge in [-0.1, -0.05) is 54.6 Å². The third-order valence-corrected chi connectivity index (χ3v) is 5.79. The highest BCUT2D eigenvalue weighted by molar-refractivity contribution is 5.86. The van der Waals surface area contributed by atoms with Crippen LogP contribution in [0.15, 0.2) is 60.2 Å². The molecule has 2 aromatic carbocycles. The minimum absolute atomic E-state index is 0.0148. The van der Waals surface area contributed by atoms with Gasteiger partial charge in [0.05, 0.1) is 0 Å². The van der Waals surface area contributed by atoms with Crippen LogP contribution < -0.4 is 10.6 Å². The molecule has 0 spiro atoms. The lowest BCUT2D eigenvalue weighted by Gasteiger charge is -2.17. The number of ether oxygens (including phenoxy) is 1. The molecule has 0 fully saturated rings. The van der Waals surface area contributed by atoms with Gasteiger partial charge in [-0.05, 0) is 48.9 Å². The van der Waals surface area contributed by atoms with Crippen LogP contribution in [-0.4, -0.2) is 42.3 Å². The number of alkyl carbamates (subject to hydrolysis) is 1. The van der Waals surface area contributed by atoms with E-state index in [-0.39, 0.29) is 36.6 Å². The Balaban J connectivity index is 1.39. The Bertz CT molecular complexity index is 1000. The number of rotatable bonds is 10. The zero-order chi connectivity index (χ0) is 23.8. The first kappa shape index (κ1) is 24.0. The predicted molar refractivity (Wildman–Crippen MR) is 126 cm³/mol. The monoisotopic (exact) mass is 450 g/mol. The van der Waals surface area contributed by atoms with Gasteiger partial charge in [-0.25, -0.2) is 9.59 Å². The number of carboxylic acids is 1. The van der Waals surface area contributed by atoms with Crippen LogP contribution in [0.3, 0.4) is 0 Å². The van der Waals surface area contributed by atoms with E-state index < -0.39 is 12.1 Å². The van der Waals surface area contributed by atoms with Crippen LogP contribution >= 0.6 is 0 Å². The number of aliphatic carboxylic acids is 1. The fourth-order valence-electron chi connectivity index (χ4n) is 3.98. The Morgan fingerprint density at radius 3 is 2.27 bits per heavy atom. The van der Waals surface area contributed by atoms with Gasteiger partial charge < -0.3 is 20.5 Å². The minimum Gasteiger partial charge on any atom is -0.478 e. The summed E-state index contributed by atoms with van der Waals surface area (Å²) < 4.78 is 5.55. The third-order valence-electron chi connectivity index (χ3n) is 5.79. The van der Waals surface area contributed by atoms with Crippen molar-refractivity contribution < 1.29 is 24.2 Å². The molecule has 0 radical (unpaired) electrons. The first-order valence-corrected chi connectivity index (χ1v) is 11.1. The van der Waals surface area contributed by atoms with Crippen LogP contribution in [0.4, 0.5) is 4.79 Å². The van der Waals surface area contributed by atoms with E-state index in [9.17, 15) is 14.4 Å². The molecule has 0 bridgehead atoms. The van der Waals surface area contributed by atoms with E-state index >= 15 is 0 Å². The van der Waals surface area contributed by atoms with Crippen LogP contribution in [0, 0.1) is 0 Å². The molecule has 0 saturated heterocycles. The molecular weight excluding hydrogens is 420 g/mol. The van der Waals surface area contributed by atoms with E-state index in [0.717, 1.165) is 0 Å². The molecule has 1 aliphatic rings. The largest absolute Gasteiger partial charge is 0.478 e. The van der Waals surface area contributed by atoms with Crippen molar-refractivity contribution in [3.8, 4) is 11.1 Å². The molecule has 7 nitrogen and oxygen atoms in total. The third kappa shape index (κ3) is 6.44. The van der Waals surface area contributed by atoms with Gasteiger partial charge >= 0.3 is 12.1 Å². The van der Waals surface area contributed by atoms with E-state index in [2.05, 4.69) is 34.9 Å². The summed E-state index contributed by atoms with van der Waals surface area (Å²) >= 11 is 0. The predicted octanol–water partition coefficient (Wildman–Crippen LogP) is 4.23. The Morgan fingerprint density at radius 1 is 1.06 bits per heavy atom. The molecule has 0 aliphatic heterocycles. The second-order valence-corrected chi connectivity index (χ2v) is 8.26. The number of hydrogen-bond donors (Lipinski definition) is 3. The summed E-state index contributed by atoms with van der Waals surface area (Å²) in [5.41, 5.74) is 4.89. The molecule has 2 amide bonds. The molecule has 1 atom stereocenters. The smallest absolute Gasteiger partial charge is 0.407 e. The van der Waals surface area contributed by atoms with E-state index in [1.54, 1.807) is 0 Å². The van der Waals surface area contributed by atoms with Crippen molar-refractivity contribution in [1.82, 2.24) is 10.6 Å². The quantitative estimate of drug-likeness (QED) is 0.470. The highest BCUT2D eigenvalue weighted by Crippen LogP contribution is 2.44. The topological polar surface area (TPSA) is 105 Å². The molecule has 0 heterocycles. The number of fused-ring (bicyclic) bond motifs is 3. The van der Waals surface area contributed by atoms with Crippen molar-refractivity contribution in [2.24, 2.45) is 0 Å². The number of carbonyl (C=O) groups is 3. The highest BCUT2D eigenvalue weighted by Gasteiger charge is 2.29. The van der Waals surface area contributed by atoms with Crippen molar-refractivity contribution in [1.29, 1.82) is 0 Å². The van der Waals surface area contributed by atoms with E-state index in [1.165, 1.54) is 35.3 Å². The van der Waals surface area contributed by atoms with Gasteiger partial charge in [0.2, 0.25) is 5.91 Å².